The third kappa shape index (κ3) is 4.73. The summed E-state index contributed by atoms with van der Waals surface area (Å²) in [5.74, 6) is 0.775. The third-order valence-electron chi connectivity index (χ3n) is 4.15. The van der Waals surface area contributed by atoms with Crippen LogP contribution in [0.3, 0.4) is 0 Å². The molecule has 2 aromatic carbocycles. The lowest BCUT2D eigenvalue weighted by molar-refractivity contribution is -0.135. The summed E-state index contributed by atoms with van der Waals surface area (Å²) in [6, 6.07) is 17.4. The number of halogens is 1. The molecule has 3 rings (SSSR count). The van der Waals surface area contributed by atoms with Gasteiger partial charge in [-0.15, -0.1) is 0 Å². The first-order chi connectivity index (χ1) is 11.7. The van der Waals surface area contributed by atoms with Gasteiger partial charge in [0.2, 0.25) is 0 Å². The van der Waals surface area contributed by atoms with Crippen LogP contribution in [-0.4, -0.2) is 48.5 Å². The Kier molecular flexibility index (Phi) is 5.72. The second-order valence-corrected chi connectivity index (χ2v) is 6.32. The van der Waals surface area contributed by atoms with E-state index < -0.39 is 0 Å². The summed E-state index contributed by atoms with van der Waals surface area (Å²) in [4.78, 5) is 16.5. The van der Waals surface area contributed by atoms with E-state index in [2.05, 4.69) is 4.90 Å². The van der Waals surface area contributed by atoms with Gasteiger partial charge in [0.25, 0.3) is 5.91 Å². The van der Waals surface area contributed by atoms with Gasteiger partial charge in [0.1, 0.15) is 5.75 Å². The average molecular weight is 345 g/mol. The largest absolute Gasteiger partial charge is 0.484 e. The smallest absolute Gasteiger partial charge is 0.260 e. The van der Waals surface area contributed by atoms with Crippen molar-refractivity contribution in [3.63, 3.8) is 0 Å². The fourth-order valence-corrected chi connectivity index (χ4v) is 2.88. The number of carbonyl (C=O) groups is 1. The van der Waals surface area contributed by atoms with Crippen molar-refractivity contribution in [2.24, 2.45) is 0 Å². The first-order valence-electron chi connectivity index (χ1n) is 8.13. The van der Waals surface area contributed by atoms with Crippen LogP contribution in [0.1, 0.15) is 5.56 Å². The lowest BCUT2D eigenvalue weighted by Gasteiger charge is -2.34. The second kappa shape index (κ2) is 8.18. The summed E-state index contributed by atoms with van der Waals surface area (Å²) in [5, 5.41) is 0.757. The van der Waals surface area contributed by atoms with Gasteiger partial charge >= 0.3 is 0 Å². The fraction of sp³-hybridized carbons (Fsp3) is 0.316. The summed E-state index contributed by atoms with van der Waals surface area (Å²) >= 11 is 5.91. The van der Waals surface area contributed by atoms with E-state index in [1.165, 1.54) is 5.56 Å². The normalized spacial score (nSPS) is 15.3. The number of para-hydroxylation sites is 1. The monoisotopic (exact) mass is 344 g/mol. The molecule has 0 saturated carbocycles. The number of rotatable bonds is 5. The molecule has 0 aliphatic carbocycles. The van der Waals surface area contributed by atoms with E-state index in [-0.39, 0.29) is 12.5 Å². The van der Waals surface area contributed by atoms with Crippen LogP contribution in [0.25, 0.3) is 0 Å². The average Bonchev–Trinajstić information content (AvgIpc) is 2.63. The van der Waals surface area contributed by atoms with Crippen molar-refractivity contribution in [1.29, 1.82) is 0 Å². The predicted octanol–water partition coefficient (Wildman–Crippen LogP) is 3.06. The summed E-state index contributed by atoms with van der Waals surface area (Å²) in [6.07, 6.45) is 0. The van der Waals surface area contributed by atoms with Crippen molar-refractivity contribution in [3.05, 3.63) is 65.2 Å². The molecule has 1 aliphatic rings. The Balaban J connectivity index is 1.42. The standard InChI is InChI=1S/C19H21ClN2O2/c20-17-8-6-16(7-9-17)14-21-10-12-22(13-11-21)19(23)15-24-18-4-2-1-3-5-18/h1-9H,10-15H2. The Bertz CT molecular complexity index is 653. The van der Waals surface area contributed by atoms with Gasteiger partial charge in [-0.05, 0) is 29.8 Å². The van der Waals surface area contributed by atoms with Gasteiger partial charge in [-0.3, -0.25) is 9.69 Å². The molecule has 5 heteroatoms. The van der Waals surface area contributed by atoms with Crippen molar-refractivity contribution in [2.75, 3.05) is 32.8 Å². The van der Waals surface area contributed by atoms with Crippen LogP contribution >= 0.6 is 11.6 Å². The highest BCUT2D eigenvalue weighted by Crippen LogP contribution is 2.13. The molecule has 2 aromatic rings. The molecule has 1 saturated heterocycles. The van der Waals surface area contributed by atoms with E-state index in [0.717, 1.165) is 43.5 Å². The van der Waals surface area contributed by atoms with Gasteiger partial charge in [0, 0.05) is 37.7 Å². The molecule has 0 unspecified atom stereocenters. The number of amides is 1. The zero-order valence-corrected chi connectivity index (χ0v) is 14.3. The van der Waals surface area contributed by atoms with Gasteiger partial charge < -0.3 is 9.64 Å². The predicted molar refractivity (Wildman–Crippen MR) is 95.2 cm³/mol. The minimum Gasteiger partial charge on any atom is -0.484 e. The second-order valence-electron chi connectivity index (χ2n) is 5.89. The molecular formula is C19H21ClN2O2. The van der Waals surface area contributed by atoms with E-state index in [4.69, 9.17) is 16.3 Å². The van der Waals surface area contributed by atoms with Gasteiger partial charge in [0.05, 0.1) is 0 Å². The van der Waals surface area contributed by atoms with E-state index in [1.807, 2.05) is 59.5 Å². The molecular weight excluding hydrogens is 324 g/mol. The van der Waals surface area contributed by atoms with Crippen molar-refractivity contribution >= 4 is 17.5 Å². The van der Waals surface area contributed by atoms with E-state index in [9.17, 15) is 4.79 Å². The van der Waals surface area contributed by atoms with Crippen molar-refractivity contribution in [3.8, 4) is 5.75 Å². The zero-order chi connectivity index (χ0) is 16.8. The molecule has 0 bridgehead atoms. The van der Waals surface area contributed by atoms with Crippen LogP contribution in [0.4, 0.5) is 0 Å². The first-order valence-corrected chi connectivity index (χ1v) is 8.51. The lowest BCUT2D eigenvalue weighted by Crippen LogP contribution is -2.49. The number of hydrogen-bond donors (Lipinski definition) is 0. The van der Waals surface area contributed by atoms with E-state index in [1.54, 1.807) is 0 Å². The van der Waals surface area contributed by atoms with Crippen LogP contribution in [0.15, 0.2) is 54.6 Å². The molecule has 24 heavy (non-hydrogen) atoms. The Morgan fingerprint density at radius 3 is 2.29 bits per heavy atom. The lowest BCUT2D eigenvalue weighted by atomic mass is 10.2. The Morgan fingerprint density at radius 2 is 1.62 bits per heavy atom. The van der Waals surface area contributed by atoms with Gasteiger partial charge in [-0.25, -0.2) is 0 Å². The van der Waals surface area contributed by atoms with Crippen LogP contribution in [0.2, 0.25) is 5.02 Å². The minimum atomic E-state index is 0.0463. The van der Waals surface area contributed by atoms with Crippen molar-refractivity contribution in [1.82, 2.24) is 9.80 Å². The molecule has 1 amide bonds. The number of ether oxygens (including phenoxy) is 1. The van der Waals surface area contributed by atoms with E-state index in [0.29, 0.717) is 0 Å². The molecule has 1 aliphatic heterocycles. The maximum atomic E-state index is 12.2. The third-order valence-corrected chi connectivity index (χ3v) is 4.40. The summed E-state index contributed by atoms with van der Waals surface area (Å²) in [7, 11) is 0. The van der Waals surface area contributed by atoms with Crippen LogP contribution in [-0.2, 0) is 11.3 Å². The number of nitrogens with zero attached hydrogens (tertiary/aromatic N) is 2. The highest BCUT2D eigenvalue weighted by Gasteiger charge is 2.21. The Morgan fingerprint density at radius 1 is 0.958 bits per heavy atom. The Hall–Kier alpha value is -2.04. The highest BCUT2D eigenvalue weighted by atomic mass is 35.5. The van der Waals surface area contributed by atoms with Gasteiger partial charge in [0.15, 0.2) is 6.61 Å². The maximum absolute atomic E-state index is 12.2. The van der Waals surface area contributed by atoms with Crippen molar-refractivity contribution in [2.45, 2.75) is 6.54 Å². The fourth-order valence-electron chi connectivity index (χ4n) is 2.76. The number of hydrogen-bond acceptors (Lipinski definition) is 3. The summed E-state index contributed by atoms with van der Waals surface area (Å²) < 4.78 is 5.54. The molecule has 0 aromatic heterocycles. The number of benzene rings is 2. The van der Waals surface area contributed by atoms with Gasteiger partial charge in [-0.1, -0.05) is 41.9 Å². The summed E-state index contributed by atoms with van der Waals surface area (Å²) in [6.45, 7) is 4.22. The SMILES string of the molecule is O=C(COc1ccccc1)N1CCN(Cc2ccc(Cl)cc2)CC1. The van der Waals surface area contributed by atoms with Crippen LogP contribution in [0, 0.1) is 0 Å². The van der Waals surface area contributed by atoms with Crippen molar-refractivity contribution < 1.29 is 9.53 Å². The maximum Gasteiger partial charge on any atom is 0.260 e. The number of carbonyl (C=O) groups excluding carboxylic acids is 1. The molecule has 0 radical (unpaired) electrons. The van der Waals surface area contributed by atoms with Crippen LogP contribution in [0.5, 0.6) is 5.75 Å². The van der Waals surface area contributed by atoms with Gasteiger partial charge in [-0.2, -0.15) is 0 Å². The minimum absolute atomic E-state index is 0.0463. The first kappa shape index (κ1) is 16.8. The number of piperazine rings is 1. The molecule has 0 atom stereocenters. The Labute approximate surface area is 147 Å². The topological polar surface area (TPSA) is 32.8 Å². The quantitative estimate of drug-likeness (QED) is 0.835. The molecule has 0 spiro atoms. The molecule has 1 heterocycles. The molecule has 4 nitrogen and oxygen atoms in total. The molecule has 0 N–H and O–H groups in total. The highest BCUT2D eigenvalue weighted by molar-refractivity contribution is 6.30. The van der Waals surface area contributed by atoms with Crippen LogP contribution < -0.4 is 4.74 Å². The molecule has 1 fully saturated rings. The molecule has 126 valence electrons. The van der Waals surface area contributed by atoms with E-state index >= 15 is 0 Å². The zero-order valence-electron chi connectivity index (χ0n) is 13.5. The summed E-state index contributed by atoms with van der Waals surface area (Å²) in [5.41, 5.74) is 1.24.